The Kier molecular flexibility index (Phi) is 5.46. The lowest BCUT2D eigenvalue weighted by molar-refractivity contribution is 0.103. The fraction of sp³-hybridized carbons (Fsp3) is 0.143. The number of fused-ring (bicyclic) bond motifs is 1. The summed E-state index contributed by atoms with van der Waals surface area (Å²) in [4.78, 5) is 35.7. The number of hydrogen-bond donors (Lipinski definition) is 1. The summed E-state index contributed by atoms with van der Waals surface area (Å²) in [6.45, 7) is 1.79. The van der Waals surface area contributed by atoms with E-state index >= 15 is 0 Å². The van der Waals surface area contributed by atoms with Crippen molar-refractivity contribution in [2.75, 3.05) is 5.32 Å². The Morgan fingerprint density at radius 3 is 2.76 bits per heavy atom. The van der Waals surface area contributed by atoms with Gasteiger partial charge in [-0.05, 0) is 48.4 Å². The molecule has 0 saturated carbocycles. The highest BCUT2D eigenvalue weighted by Crippen LogP contribution is 2.28. The quantitative estimate of drug-likeness (QED) is 0.487. The molecular formula is C21H18N4O2S2. The van der Waals surface area contributed by atoms with Crippen molar-refractivity contribution < 1.29 is 4.79 Å². The van der Waals surface area contributed by atoms with Crippen molar-refractivity contribution in [1.29, 1.82) is 0 Å². The first-order valence-electron chi connectivity index (χ1n) is 8.91. The Morgan fingerprint density at radius 2 is 2.03 bits per heavy atom. The molecule has 1 amide bonds. The number of carbonyl (C=O) groups excluding carboxylic acids is 1. The number of aryl methyl sites for hydroxylation is 2. The van der Waals surface area contributed by atoms with E-state index < -0.39 is 0 Å². The molecule has 1 aromatic carbocycles. The van der Waals surface area contributed by atoms with Crippen LogP contribution < -0.4 is 10.9 Å². The number of carbonyl (C=O) groups is 1. The van der Waals surface area contributed by atoms with E-state index in [-0.39, 0.29) is 11.5 Å². The first kappa shape index (κ1) is 19.4. The summed E-state index contributed by atoms with van der Waals surface area (Å²) in [6, 6.07) is 11.7. The maximum atomic E-state index is 12.7. The standard InChI is InChI=1S/C21H18N4O2S2/c1-13-17-20(23-12-25(2)21(17)27)29-18(13)19(26)24-15-5-7-16(8-6-15)28-11-14-4-3-9-22-10-14/h3-10,12H,11H2,1-2H3,(H,24,26). The Morgan fingerprint density at radius 1 is 1.24 bits per heavy atom. The van der Waals surface area contributed by atoms with Crippen molar-refractivity contribution >= 4 is 44.9 Å². The fourth-order valence-electron chi connectivity index (χ4n) is 2.90. The van der Waals surface area contributed by atoms with Gasteiger partial charge in [0.1, 0.15) is 4.83 Å². The SMILES string of the molecule is Cc1c(C(=O)Nc2ccc(SCc3cccnc3)cc2)sc2ncn(C)c(=O)c12. The normalized spacial score (nSPS) is 11.0. The summed E-state index contributed by atoms with van der Waals surface area (Å²) in [5, 5.41) is 3.42. The smallest absolute Gasteiger partial charge is 0.266 e. The van der Waals surface area contributed by atoms with Gasteiger partial charge in [0.05, 0.1) is 16.6 Å². The van der Waals surface area contributed by atoms with Crippen LogP contribution in [0.15, 0.2) is 64.8 Å². The predicted octanol–water partition coefficient (Wildman–Crippen LogP) is 4.24. The maximum Gasteiger partial charge on any atom is 0.266 e. The van der Waals surface area contributed by atoms with Crippen LogP contribution in [0.1, 0.15) is 20.8 Å². The molecular weight excluding hydrogens is 404 g/mol. The van der Waals surface area contributed by atoms with Crippen LogP contribution in [-0.4, -0.2) is 20.4 Å². The molecule has 29 heavy (non-hydrogen) atoms. The van der Waals surface area contributed by atoms with Crippen LogP contribution in [0, 0.1) is 6.92 Å². The van der Waals surface area contributed by atoms with Crippen molar-refractivity contribution in [3.63, 3.8) is 0 Å². The lowest BCUT2D eigenvalue weighted by Gasteiger charge is -2.06. The molecule has 0 unspecified atom stereocenters. The minimum Gasteiger partial charge on any atom is -0.321 e. The molecule has 3 aromatic heterocycles. The van der Waals surface area contributed by atoms with Crippen molar-refractivity contribution in [1.82, 2.24) is 14.5 Å². The van der Waals surface area contributed by atoms with Crippen molar-refractivity contribution in [2.45, 2.75) is 17.6 Å². The number of nitrogens with zero attached hydrogens (tertiary/aromatic N) is 3. The van der Waals surface area contributed by atoms with Crippen LogP contribution in [0.4, 0.5) is 5.69 Å². The second-order valence-electron chi connectivity index (χ2n) is 6.53. The molecule has 0 fully saturated rings. The third-order valence-corrected chi connectivity index (χ3v) is 6.74. The molecule has 0 atom stereocenters. The monoisotopic (exact) mass is 422 g/mol. The second-order valence-corrected chi connectivity index (χ2v) is 8.57. The van der Waals surface area contributed by atoms with Gasteiger partial charge in [0.25, 0.3) is 11.5 Å². The van der Waals surface area contributed by atoms with Gasteiger partial charge in [-0.2, -0.15) is 0 Å². The number of thiophene rings is 1. The zero-order chi connectivity index (χ0) is 20.4. The maximum absolute atomic E-state index is 12.7. The average molecular weight is 423 g/mol. The molecule has 0 aliphatic rings. The highest BCUT2D eigenvalue weighted by molar-refractivity contribution is 7.98. The highest BCUT2D eigenvalue weighted by Gasteiger charge is 2.19. The van der Waals surface area contributed by atoms with Gasteiger partial charge in [0.15, 0.2) is 0 Å². The molecule has 8 heteroatoms. The van der Waals surface area contributed by atoms with E-state index in [1.54, 1.807) is 31.9 Å². The van der Waals surface area contributed by atoms with E-state index in [1.165, 1.54) is 22.2 Å². The highest BCUT2D eigenvalue weighted by atomic mass is 32.2. The summed E-state index contributed by atoms with van der Waals surface area (Å²) in [5.41, 5.74) is 2.39. The van der Waals surface area contributed by atoms with Crippen LogP contribution >= 0.6 is 23.1 Å². The Hall–Kier alpha value is -2.97. The number of nitrogens with one attached hydrogen (secondary N) is 1. The molecule has 0 aliphatic heterocycles. The molecule has 4 aromatic rings. The van der Waals surface area contributed by atoms with Gasteiger partial charge in [-0.15, -0.1) is 23.1 Å². The number of benzene rings is 1. The topological polar surface area (TPSA) is 76.9 Å². The van der Waals surface area contributed by atoms with Crippen molar-refractivity contribution in [2.24, 2.45) is 7.05 Å². The van der Waals surface area contributed by atoms with Crippen LogP contribution in [0.3, 0.4) is 0 Å². The predicted molar refractivity (Wildman–Crippen MR) is 118 cm³/mol. The molecule has 146 valence electrons. The van der Waals surface area contributed by atoms with Crippen molar-refractivity contribution in [3.05, 3.63) is 81.5 Å². The van der Waals surface area contributed by atoms with E-state index in [0.717, 1.165) is 16.2 Å². The van der Waals surface area contributed by atoms with Gasteiger partial charge in [-0.25, -0.2) is 4.98 Å². The largest absolute Gasteiger partial charge is 0.321 e. The lowest BCUT2D eigenvalue weighted by Crippen LogP contribution is -2.17. The summed E-state index contributed by atoms with van der Waals surface area (Å²) < 4.78 is 1.42. The van der Waals surface area contributed by atoms with Crippen LogP contribution in [0.5, 0.6) is 0 Å². The molecule has 0 saturated heterocycles. The van der Waals surface area contributed by atoms with E-state index in [4.69, 9.17) is 0 Å². The minimum absolute atomic E-state index is 0.141. The first-order valence-corrected chi connectivity index (χ1v) is 10.7. The molecule has 0 bridgehead atoms. The zero-order valence-electron chi connectivity index (χ0n) is 15.9. The van der Waals surface area contributed by atoms with E-state index in [1.807, 2.05) is 42.6 Å². The third kappa shape index (κ3) is 4.08. The lowest BCUT2D eigenvalue weighted by atomic mass is 10.2. The number of pyridine rings is 1. The van der Waals surface area contributed by atoms with Gasteiger partial charge in [-0.1, -0.05) is 6.07 Å². The number of anilines is 1. The summed E-state index contributed by atoms with van der Waals surface area (Å²) in [6.07, 6.45) is 5.10. The number of amides is 1. The molecule has 1 N–H and O–H groups in total. The van der Waals surface area contributed by atoms with Gasteiger partial charge in [0, 0.05) is 35.8 Å². The van der Waals surface area contributed by atoms with Crippen LogP contribution in [0.2, 0.25) is 0 Å². The third-order valence-electron chi connectivity index (χ3n) is 4.46. The number of aromatic nitrogens is 3. The van der Waals surface area contributed by atoms with Gasteiger partial charge >= 0.3 is 0 Å². The average Bonchev–Trinajstić information content (AvgIpc) is 3.08. The molecule has 0 spiro atoms. The van der Waals surface area contributed by atoms with E-state index in [9.17, 15) is 9.59 Å². The van der Waals surface area contributed by atoms with Crippen molar-refractivity contribution in [3.8, 4) is 0 Å². The Balaban J connectivity index is 1.47. The Bertz CT molecular complexity index is 1230. The van der Waals surface area contributed by atoms with Gasteiger partial charge < -0.3 is 9.88 Å². The molecule has 4 rings (SSSR count). The first-order chi connectivity index (χ1) is 14.0. The zero-order valence-corrected chi connectivity index (χ0v) is 17.5. The molecule has 0 radical (unpaired) electrons. The van der Waals surface area contributed by atoms with Crippen LogP contribution in [0.25, 0.3) is 10.2 Å². The van der Waals surface area contributed by atoms with E-state index in [2.05, 4.69) is 15.3 Å². The minimum atomic E-state index is -0.233. The second kappa shape index (κ2) is 8.18. The fourth-order valence-corrected chi connectivity index (χ4v) is 4.77. The number of rotatable bonds is 5. The van der Waals surface area contributed by atoms with E-state index in [0.29, 0.717) is 26.3 Å². The summed E-state index contributed by atoms with van der Waals surface area (Å²) >= 11 is 2.95. The molecule has 3 heterocycles. The molecule has 0 aliphatic carbocycles. The summed E-state index contributed by atoms with van der Waals surface area (Å²) in [7, 11) is 1.65. The van der Waals surface area contributed by atoms with Gasteiger partial charge in [-0.3, -0.25) is 14.6 Å². The Labute approximate surface area is 175 Å². The number of thioether (sulfide) groups is 1. The van der Waals surface area contributed by atoms with Crippen LogP contribution in [-0.2, 0) is 12.8 Å². The number of hydrogen-bond acceptors (Lipinski definition) is 6. The summed E-state index contributed by atoms with van der Waals surface area (Å²) in [5.74, 6) is 0.603. The van der Waals surface area contributed by atoms with Gasteiger partial charge in [0.2, 0.25) is 0 Å². The molecule has 6 nitrogen and oxygen atoms in total.